The number of carbonyl (C=O) groups excluding carboxylic acids is 4. The number of benzene rings is 1. The number of aliphatic hydroxyl groups excluding tert-OH is 2. The van der Waals surface area contributed by atoms with Gasteiger partial charge in [-0.05, 0) is 57.0 Å². The molecule has 4 atom stereocenters. The summed E-state index contributed by atoms with van der Waals surface area (Å²) in [6.07, 6.45) is 0.0628. The maximum absolute atomic E-state index is 14.1. The molecule has 228 valence electrons. The van der Waals surface area contributed by atoms with Crippen LogP contribution < -0.4 is 11.1 Å². The van der Waals surface area contributed by atoms with Gasteiger partial charge in [0.25, 0.3) is 5.91 Å². The quantitative estimate of drug-likeness (QED) is 0.204. The minimum absolute atomic E-state index is 0.0138. The van der Waals surface area contributed by atoms with E-state index in [0.29, 0.717) is 37.4 Å². The molecule has 4 aliphatic rings. The average Bonchev–Trinajstić information content (AvgIpc) is 2.95. The van der Waals surface area contributed by atoms with Crippen LogP contribution in [0.5, 0.6) is 5.75 Å². The summed E-state index contributed by atoms with van der Waals surface area (Å²) in [6, 6.07) is 0.192. The Morgan fingerprint density at radius 1 is 1.21 bits per heavy atom. The van der Waals surface area contributed by atoms with Gasteiger partial charge in [-0.2, -0.15) is 0 Å². The second kappa shape index (κ2) is 11.0. The van der Waals surface area contributed by atoms with E-state index in [4.69, 9.17) is 10.5 Å². The highest BCUT2D eigenvalue weighted by atomic mass is 16.5. The number of aliphatic hydroxyl groups is 3. The number of likely N-dealkylation sites (N-methyl/N-ethyl adjacent to an activating group) is 1. The summed E-state index contributed by atoms with van der Waals surface area (Å²) < 4.78 is 5.30. The number of hydrogen-bond donors (Lipinski definition) is 6. The van der Waals surface area contributed by atoms with Gasteiger partial charge in [0.1, 0.15) is 22.8 Å². The zero-order chi connectivity index (χ0) is 31.4. The summed E-state index contributed by atoms with van der Waals surface area (Å²) in [4.78, 5) is 55.6. The average molecular weight is 595 g/mol. The number of phenols is 1. The maximum Gasteiger partial charge on any atom is 0.317 e. The van der Waals surface area contributed by atoms with Crippen LogP contribution in [-0.4, -0.2) is 106 Å². The number of ether oxygens (including phenoxy) is 1. The molecule has 5 rings (SSSR count). The second-order valence-electron chi connectivity index (χ2n) is 11.4. The van der Waals surface area contributed by atoms with Crippen LogP contribution in [0.1, 0.15) is 40.4 Å². The molecule has 0 bridgehead atoms. The van der Waals surface area contributed by atoms with Gasteiger partial charge in [-0.15, -0.1) is 5.92 Å². The lowest BCUT2D eigenvalue weighted by atomic mass is 9.58. The number of urea groups is 1. The number of ketones is 2. The summed E-state index contributed by atoms with van der Waals surface area (Å²) >= 11 is 0. The first-order chi connectivity index (χ1) is 20.3. The van der Waals surface area contributed by atoms with Gasteiger partial charge in [0.15, 0.2) is 11.4 Å². The van der Waals surface area contributed by atoms with Gasteiger partial charge in [0.05, 0.1) is 30.4 Å². The number of nitrogens with one attached hydrogen (secondary N) is 1. The molecular formula is C30H34N4O9. The molecule has 13 heteroatoms. The number of Topliss-reactive ketones (excluding diaryl/α,β-unsaturated/α-hetero) is 2. The Morgan fingerprint density at radius 2 is 1.88 bits per heavy atom. The van der Waals surface area contributed by atoms with Gasteiger partial charge in [0, 0.05) is 31.1 Å². The lowest BCUT2D eigenvalue weighted by molar-refractivity contribution is -0.148. The van der Waals surface area contributed by atoms with Crippen LogP contribution in [-0.2, 0) is 27.3 Å². The third kappa shape index (κ3) is 4.62. The summed E-state index contributed by atoms with van der Waals surface area (Å²) in [5.74, 6) is -1.84. The first kappa shape index (κ1) is 30.1. The molecule has 3 amide bonds. The molecule has 3 aliphatic carbocycles. The molecule has 0 aromatic heterocycles. The predicted molar refractivity (Wildman–Crippen MR) is 151 cm³/mol. The molecule has 0 spiro atoms. The van der Waals surface area contributed by atoms with E-state index in [0.717, 1.165) is 0 Å². The van der Waals surface area contributed by atoms with E-state index in [9.17, 15) is 39.6 Å². The lowest BCUT2D eigenvalue weighted by Crippen LogP contribution is -2.63. The van der Waals surface area contributed by atoms with Crippen molar-refractivity contribution < 1.29 is 44.3 Å². The van der Waals surface area contributed by atoms with E-state index in [1.165, 1.54) is 4.90 Å². The number of rotatable bonds is 4. The number of fused-ring (bicyclic) bond motifs is 3. The van der Waals surface area contributed by atoms with E-state index in [1.807, 2.05) is 0 Å². The van der Waals surface area contributed by atoms with Gasteiger partial charge >= 0.3 is 6.03 Å². The third-order valence-electron chi connectivity index (χ3n) is 8.80. The molecule has 13 nitrogen and oxygen atoms in total. The largest absolute Gasteiger partial charge is 0.510 e. The Labute approximate surface area is 247 Å². The SMILES string of the molecule is CC#Cc1cc(CNC(=O)N2CCOCC2)c2c(c1O)C(=O)C1=C(O)[C@]3(O)C(=O)C(C(N)=O)=C(O)[C@@H](N(C)C)[C@@H]3C[C@@H]1C2. The zero-order valence-corrected chi connectivity index (χ0v) is 24.1. The van der Waals surface area contributed by atoms with Crippen molar-refractivity contribution in [1.82, 2.24) is 15.1 Å². The van der Waals surface area contributed by atoms with Crippen molar-refractivity contribution in [1.29, 1.82) is 0 Å². The van der Waals surface area contributed by atoms with Gasteiger partial charge in [-0.1, -0.05) is 5.92 Å². The van der Waals surface area contributed by atoms with Crippen LogP contribution in [0.15, 0.2) is 28.7 Å². The number of carbonyl (C=O) groups is 4. The number of morpholine rings is 1. The topological polar surface area (TPSA) is 203 Å². The van der Waals surface area contributed by atoms with Crippen molar-refractivity contribution in [2.24, 2.45) is 17.6 Å². The molecule has 1 aromatic carbocycles. The molecule has 1 heterocycles. The molecule has 1 fully saturated rings. The lowest BCUT2D eigenvalue weighted by Gasteiger charge is -2.50. The fourth-order valence-corrected chi connectivity index (χ4v) is 6.83. The Bertz CT molecular complexity index is 1560. The van der Waals surface area contributed by atoms with Crippen molar-refractivity contribution in [2.45, 2.75) is 38.0 Å². The Kier molecular flexibility index (Phi) is 7.72. The Morgan fingerprint density at radius 3 is 2.49 bits per heavy atom. The van der Waals surface area contributed by atoms with Gasteiger partial charge < -0.3 is 41.1 Å². The van der Waals surface area contributed by atoms with Crippen molar-refractivity contribution >= 4 is 23.5 Å². The minimum Gasteiger partial charge on any atom is -0.510 e. The molecule has 0 radical (unpaired) electrons. The van der Waals surface area contributed by atoms with E-state index >= 15 is 0 Å². The van der Waals surface area contributed by atoms with E-state index < -0.39 is 63.8 Å². The minimum atomic E-state index is -2.73. The second-order valence-corrected chi connectivity index (χ2v) is 11.4. The van der Waals surface area contributed by atoms with Gasteiger partial charge in [-0.3, -0.25) is 19.3 Å². The number of primary amides is 1. The van der Waals surface area contributed by atoms with Crippen LogP contribution in [0, 0.1) is 23.7 Å². The van der Waals surface area contributed by atoms with Crippen LogP contribution >= 0.6 is 0 Å². The highest BCUT2D eigenvalue weighted by Gasteiger charge is 2.63. The first-order valence-electron chi connectivity index (χ1n) is 13.9. The molecule has 0 saturated carbocycles. The van der Waals surface area contributed by atoms with Crippen LogP contribution in [0.3, 0.4) is 0 Å². The summed E-state index contributed by atoms with van der Waals surface area (Å²) in [7, 11) is 3.13. The molecule has 7 N–H and O–H groups in total. The summed E-state index contributed by atoms with van der Waals surface area (Å²) in [6.45, 7) is 3.26. The first-order valence-corrected chi connectivity index (χ1v) is 13.9. The molecule has 1 saturated heterocycles. The highest BCUT2D eigenvalue weighted by molar-refractivity contribution is 6.24. The number of aromatic hydroxyl groups is 1. The van der Waals surface area contributed by atoms with Gasteiger partial charge in [-0.25, -0.2) is 4.79 Å². The molecule has 1 aromatic rings. The number of hydrogen-bond acceptors (Lipinski definition) is 10. The summed E-state index contributed by atoms with van der Waals surface area (Å²) in [5, 5.41) is 48.2. The normalized spacial score (nSPS) is 26.8. The maximum atomic E-state index is 14.1. The monoisotopic (exact) mass is 594 g/mol. The van der Waals surface area contributed by atoms with Crippen molar-refractivity contribution in [3.8, 4) is 17.6 Å². The summed E-state index contributed by atoms with van der Waals surface area (Å²) in [5.41, 5.74) is 2.46. The standard InChI is InChI=1S/C30H34N4O9/c1-4-5-14-10-16(13-32-29(41)34-6-8-43-9-7-34)17-11-15-12-18-22(33(2)3)25(37)21(28(31)40)27(39)30(18,42)26(38)19(15)24(36)20(17)23(14)35/h10,15,18,22,35,37-38,42H,6-9,11-13H2,1-3H3,(H2,31,40)(H,32,41)/t15-,18-,22-,30-/m0/s1. The fraction of sp³-hybridized carbons (Fsp3) is 0.467. The highest BCUT2D eigenvalue weighted by Crippen LogP contribution is 2.52. The Hall–Kier alpha value is -4.38. The van der Waals surface area contributed by atoms with Crippen molar-refractivity contribution in [3.63, 3.8) is 0 Å². The Balaban J connectivity index is 1.62. The number of allylic oxidation sites excluding steroid dienone is 1. The van der Waals surface area contributed by atoms with Gasteiger partial charge in [0.2, 0.25) is 5.78 Å². The molecular weight excluding hydrogens is 560 g/mol. The fourth-order valence-electron chi connectivity index (χ4n) is 6.83. The molecule has 43 heavy (non-hydrogen) atoms. The van der Waals surface area contributed by atoms with E-state index in [2.05, 4.69) is 17.2 Å². The molecule has 1 aliphatic heterocycles. The number of nitrogens with zero attached hydrogens (tertiary/aromatic N) is 2. The van der Waals surface area contributed by atoms with Crippen LogP contribution in [0.4, 0.5) is 4.79 Å². The van der Waals surface area contributed by atoms with Crippen LogP contribution in [0.25, 0.3) is 0 Å². The number of nitrogens with two attached hydrogens (primary N) is 1. The number of phenolic OH excluding ortho intramolecular Hbond substituents is 1. The molecule has 0 unspecified atom stereocenters. The van der Waals surface area contributed by atoms with E-state index in [-0.39, 0.29) is 42.1 Å². The smallest absolute Gasteiger partial charge is 0.317 e. The number of amides is 3. The predicted octanol–water partition coefficient (Wildman–Crippen LogP) is 0.0338. The van der Waals surface area contributed by atoms with Crippen molar-refractivity contribution in [2.75, 3.05) is 40.4 Å². The zero-order valence-electron chi connectivity index (χ0n) is 24.1. The third-order valence-corrected chi connectivity index (χ3v) is 8.80. The van der Waals surface area contributed by atoms with E-state index in [1.54, 1.807) is 32.0 Å². The van der Waals surface area contributed by atoms with Crippen LogP contribution in [0.2, 0.25) is 0 Å². The van der Waals surface area contributed by atoms with Crippen molar-refractivity contribution in [3.05, 3.63) is 51.0 Å².